The monoisotopic (exact) mass is 246 g/mol. The average molecular weight is 246 g/mol. The molecule has 1 unspecified atom stereocenters. The molecule has 0 spiro atoms. The molecule has 0 bridgehead atoms. The fraction of sp³-hybridized carbons (Fsp3) is 0.429. The number of fused-ring (bicyclic) bond motifs is 1. The quantitative estimate of drug-likeness (QED) is 0.850. The Kier molecular flexibility index (Phi) is 3.39. The first kappa shape index (κ1) is 11.2. The molecule has 1 fully saturated rings. The zero-order valence-electron chi connectivity index (χ0n) is 9.91. The second kappa shape index (κ2) is 5.15. The number of para-hydroxylation sites is 1. The second-order valence-electron chi connectivity index (χ2n) is 4.64. The lowest BCUT2D eigenvalue weighted by atomic mass is 10.2. The van der Waals surface area contributed by atoms with Crippen LogP contribution in [0.1, 0.15) is 19.3 Å². The highest BCUT2D eigenvalue weighted by molar-refractivity contribution is 7.99. The Hall–Kier alpha value is -0.930. The van der Waals surface area contributed by atoms with Gasteiger partial charge in [-0.15, -0.1) is 11.8 Å². The lowest BCUT2D eigenvalue weighted by Crippen LogP contribution is -2.14. The number of aromatic nitrogens is 1. The topological polar surface area (TPSA) is 27.8 Å². The number of aromatic amines is 1. The maximum atomic E-state index is 3.51. The largest absolute Gasteiger partial charge is 0.350 e. The summed E-state index contributed by atoms with van der Waals surface area (Å²) < 4.78 is 0. The molecule has 17 heavy (non-hydrogen) atoms. The Morgan fingerprint density at radius 3 is 3.00 bits per heavy atom. The van der Waals surface area contributed by atoms with Gasteiger partial charge in [-0.3, -0.25) is 0 Å². The summed E-state index contributed by atoms with van der Waals surface area (Å²) in [5.74, 6) is 0. The predicted molar refractivity (Wildman–Crippen MR) is 74.7 cm³/mol. The van der Waals surface area contributed by atoms with Gasteiger partial charge in [-0.2, -0.15) is 0 Å². The van der Waals surface area contributed by atoms with Crippen LogP contribution in [0.15, 0.2) is 35.4 Å². The fourth-order valence-corrected chi connectivity index (χ4v) is 3.64. The van der Waals surface area contributed by atoms with Crippen molar-refractivity contribution in [3.8, 4) is 0 Å². The summed E-state index contributed by atoms with van der Waals surface area (Å²) in [6.45, 7) is 2.35. The van der Waals surface area contributed by atoms with Gasteiger partial charge in [-0.25, -0.2) is 0 Å². The van der Waals surface area contributed by atoms with Crippen molar-refractivity contribution in [2.75, 3.05) is 13.1 Å². The molecular formula is C14H18N2S. The predicted octanol–water partition coefficient (Wildman–Crippen LogP) is 3.40. The molecule has 0 amide bonds. The van der Waals surface area contributed by atoms with E-state index >= 15 is 0 Å². The zero-order chi connectivity index (χ0) is 11.5. The van der Waals surface area contributed by atoms with Crippen LogP contribution in [0.5, 0.6) is 0 Å². The Morgan fingerprint density at radius 1 is 1.12 bits per heavy atom. The lowest BCUT2D eigenvalue weighted by Gasteiger charge is -2.11. The van der Waals surface area contributed by atoms with Crippen LogP contribution in [0.2, 0.25) is 0 Å². The molecule has 2 nitrogen and oxygen atoms in total. The number of hydrogen-bond acceptors (Lipinski definition) is 2. The van der Waals surface area contributed by atoms with Gasteiger partial charge in [0.1, 0.15) is 0 Å². The van der Waals surface area contributed by atoms with E-state index in [-0.39, 0.29) is 0 Å². The van der Waals surface area contributed by atoms with Crippen molar-refractivity contribution in [1.82, 2.24) is 10.3 Å². The third-order valence-electron chi connectivity index (χ3n) is 3.32. The number of thioether (sulfide) groups is 1. The summed E-state index contributed by atoms with van der Waals surface area (Å²) in [6, 6.07) is 10.8. The van der Waals surface area contributed by atoms with Gasteiger partial charge in [-0.05, 0) is 44.5 Å². The smallest absolute Gasteiger partial charge is 0.0735 e. The molecule has 0 saturated carbocycles. The Morgan fingerprint density at radius 2 is 2.06 bits per heavy atom. The fourth-order valence-electron chi connectivity index (χ4n) is 2.39. The molecule has 0 radical (unpaired) electrons. The molecule has 3 heteroatoms. The van der Waals surface area contributed by atoms with Crippen LogP contribution in [0.4, 0.5) is 0 Å². The molecule has 2 heterocycles. The van der Waals surface area contributed by atoms with Crippen molar-refractivity contribution in [2.45, 2.75) is 29.5 Å². The van der Waals surface area contributed by atoms with Crippen molar-refractivity contribution >= 4 is 22.7 Å². The van der Waals surface area contributed by atoms with Crippen LogP contribution < -0.4 is 5.32 Å². The normalized spacial score (nSPS) is 21.5. The van der Waals surface area contributed by atoms with Crippen LogP contribution in [-0.4, -0.2) is 23.3 Å². The number of nitrogens with one attached hydrogen (secondary N) is 2. The Labute approximate surface area is 106 Å². The van der Waals surface area contributed by atoms with Gasteiger partial charge >= 0.3 is 0 Å². The molecule has 0 aliphatic carbocycles. The van der Waals surface area contributed by atoms with Gasteiger partial charge in [0.15, 0.2) is 0 Å². The molecule has 1 aromatic carbocycles. The third-order valence-corrected chi connectivity index (χ3v) is 4.60. The van der Waals surface area contributed by atoms with Crippen molar-refractivity contribution in [1.29, 1.82) is 0 Å². The van der Waals surface area contributed by atoms with Crippen molar-refractivity contribution in [3.63, 3.8) is 0 Å². The first-order valence-corrected chi connectivity index (χ1v) is 7.25. The molecule has 1 aromatic heterocycles. The minimum Gasteiger partial charge on any atom is -0.350 e. The van der Waals surface area contributed by atoms with E-state index in [0.29, 0.717) is 0 Å². The van der Waals surface area contributed by atoms with E-state index in [1.165, 1.54) is 41.7 Å². The molecule has 1 aliphatic heterocycles. The number of benzene rings is 1. The lowest BCUT2D eigenvalue weighted by molar-refractivity contribution is 0.703. The molecule has 2 N–H and O–H groups in total. The van der Waals surface area contributed by atoms with E-state index in [9.17, 15) is 0 Å². The SMILES string of the molecule is c1ccc2[nH]c(SC3CCCNCC3)cc2c1. The molecule has 2 aromatic rings. The highest BCUT2D eigenvalue weighted by atomic mass is 32.2. The highest BCUT2D eigenvalue weighted by Crippen LogP contribution is 2.30. The van der Waals surface area contributed by atoms with E-state index < -0.39 is 0 Å². The van der Waals surface area contributed by atoms with Crippen molar-refractivity contribution < 1.29 is 0 Å². The van der Waals surface area contributed by atoms with Crippen LogP contribution in [0.25, 0.3) is 10.9 Å². The van der Waals surface area contributed by atoms with Gasteiger partial charge < -0.3 is 10.3 Å². The highest BCUT2D eigenvalue weighted by Gasteiger charge is 2.14. The van der Waals surface area contributed by atoms with E-state index in [1.54, 1.807) is 0 Å². The van der Waals surface area contributed by atoms with Crippen LogP contribution >= 0.6 is 11.8 Å². The van der Waals surface area contributed by atoms with Crippen LogP contribution in [0, 0.1) is 0 Å². The van der Waals surface area contributed by atoms with Crippen LogP contribution in [0.3, 0.4) is 0 Å². The number of H-pyrrole nitrogens is 1. The van der Waals surface area contributed by atoms with E-state index in [0.717, 1.165) is 11.8 Å². The first-order valence-electron chi connectivity index (χ1n) is 6.37. The summed E-state index contributed by atoms with van der Waals surface area (Å²) in [5, 5.41) is 6.87. The summed E-state index contributed by atoms with van der Waals surface area (Å²) in [4.78, 5) is 3.51. The second-order valence-corrected chi connectivity index (χ2v) is 5.98. The molecule has 90 valence electrons. The number of hydrogen-bond donors (Lipinski definition) is 2. The van der Waals surface area contributed by atoms with E-state index in [2.05, 4.69) is 40.6 Å². The summed E-state index contributed by atoms with van der Waals surface area (Å²) >= 11 is 2.01. The minimum atomic E-state index is 0.762. The van der Waals surface area contributed by atoms with Crippen molar-refractivity contribution in [3.05, 3.63) is 30.3 Å². The molecule has 3 rings (SSSR count). The van der Waals surface area contributed by atoms with Gasteiger partial charge in [0.25, 0.3) is 0 Å². The van der Waals surface area contributed by atoms with Crippen LogP contribution in [-0.2, 0) is 0 Å². The first-order chi connectivity index (χ1) is 8.42. The zero-order valence-corrected chi connectivity index (χ0v) is 10.7. The third kappa shape index (κ3) is 2.67. The molecular weight excluding hydrogens is 228 g/mol. The van der Waals surface area contributed by atoms with Gasteiger partial charge in [0.05, 0.1) is 5.03 Å². The van der Waals surface area contributed by atoms with E-state index in [1.807, 2.05) is 11.8 Å². The Bertz CT molecular complexity index is 451. The van der Waals surface area contributed by atoms with Gasteiger partial charge in [0.2, 0.25) is 0 Å². The summed E-state index contributed by atoms with van der Waals surface area (Å²) in [6.07, 6.45) is 3.91. The Balaban J connectivity index is 1.75. The minimum absolute atomic E-state index is 0.762. The molecule has 1 saturated heterocycles. The summed E-state index contributed by atoms with van der Waals surface area (Å²) in [7, 11) is 0. The summed E-state index contributed by atoms with van der Waals surface area (Å²) in [5.41, 5.74) is 1.25. The van der Waals surface area contributed by atoms with E-state index in [4.69, 9.17) is 0 Å². The average Bonchev–Trinajstić information content (AvgIpc) is 2.57. The number of rotatable bonds is 2. The maximum Gasteiger partial charge on any atom is 0.0735 e. The van der Waals surface area contributed by atoms with Crippen molar-refractivity contribution in [2.24, 2.45) is 0 Å². The maximum absolute atomic E-state index is 3.51. The molecule has 1 atom stereocenters. The van der Waals surface area contributed by atoms with Gasteiger partial charge in [-0.1, -0.05) is 18.2 Å². The standard InChI is InChI=1S/C14H18N2S/c1-2-6-13-11(4-1)10-14(16-13)17-12-5-3-8-15-9-7-12/h1-2,4,6,10,12,15-16H,3,5,7-9H2. The molecule has 1 aliphatic rings. The van der Waals surface area contributed by atoms with Gasteiger partial charge in [0, 0.05) is 16.2 Å².